The molecule has 74 valence electrons. The summed E-state index contributed by atoms with van der Waals surface area (Å²) < 4.78 is 0. The van der Waals surface area contributed by atoms with E-state index in [4.69, 9.17) is 16.8 Å². The number of anilines is 1. The smallest absolute Gasteiger partial charge is 0.270 e. The van der Waals surface area contributed by atoms with Crippen LogP contribution in [0.25, 0.3) is 0 Å². The molecule has 2 N–H and O–H groups in total. The lowest BCUT2D eigenvalue weighted by Gasteiger charge is -2.05. The average molecular weight is 213 g/mol. The van der Waals surface area contributed by atoms with E-state index < -0.39 is 5.91 Å². The van der Waals surface area contributed by atoms with Gasteiger partial charge in [-0.05, 0) is 24.6 Å². The zero-order valence-electron chi connectivity index (χ0n) is 7.49. The molecular formula is C9H9ClN2O2. The summed E-state index contributed by atoms with van der Waals surface area (Å²) in [5.74, 6) is -0.502. The Balaban J connectivity index is 2.85. The lowest BCUT2D eigenvalue weighted by molar-refractivity contribution is -0.110. The third kappa shape index (κ3) is 2.74. The molecule has 5 heteroatoms. The van der Waals surface area contributed by atoms with E-state index in [1.165, 1.54) is 0 Å². The third-order valence-electron chi connectivity index (χ3n) is 1.63. The van der Waals surface area contributed by atoms with Gasteiger partial charge in [0.2, 0.25) is 0 Å². The summed E-state index contributed by atoms with van der Waals surface area (Å²) in [4.78, 5) is 11.0. The van der Waals surface area contributed by atoms with Crippen LogP contribution >= 0.6 is 11.6 Å². The van der Waals surface area contributed by atoms with E-state index in [-0.39, 0.29) is 0 Å². The molecule has 14 heavy (non-hydrogen) atoms. The van der Waals surface area contributed by atoms with E-state index >= 15 is 0 Å². The fourth-order valence-corrected chi connectivity index (χ4v) is 1.12. The fourth-order valence-electron chi connectivity index (χ4n) is 0.946. The van der Waals surface area contributed by atoms with E-state index in [2.05, 4.69) is 10.5 Å². The summed E-state index contributed by atoms with van der Waals surface area (Å²) >= 11 is 5.74. The molecule has 0 aliphatic heterocycles. The maximum atomic E-state index is 11.0. The second-order valence-electron chi connectivity index (χ2n) is 2.69. The van der Waals surface area contributed by atoms with Crippen molar-refractivity contribution in [3.63, 3.8) is 0 Å². The van der Waals surface area contributed by atoms with Gasteiger partial charge in [0.15, 0.2) is 0 Å². The van der Waals surface area contributed by atoms with Gasteiger partial charge in [0.25, 0.3) is 5.91 Å². The van der Waals surface area contributed by atoms with Crippen LogP contribution in [0, 0.1) is 6.92 Å². The molecule has 1 amide bonds. The standard InChI is InChI=1S/C9H9ClN2O2/c1-6-2-3-7(10)4-8(6)12-9(13)5-11-14/h2-5,14H,1H3,(H,12,13). The van der Waals surface area contributed by atoms with Gasteiger partial charge in [0.05, 0.1) is 0 Å². The number of hydrogen-bond acceptors (Lipinski definition) is 3. The Morgan fingerprint density at radius 1 is 1.64 bits per heavy atom. The number of nitrogens with zero attached hydrogens (tertiary/aromatic N) is 1. The van der Waals surface area contributed by atoms with Crippen molar-refractivity contribution in [1.82, 2.24) is 0 Å². The molecule has 0 aromatic heterocycles. The first kappa shape index (κ1) is 10.5. The second kappa shape index (κ2) is 4.62. The number of oxime groups is 1. The van der Waals surface area contributed by atoms with Gasteiger partial charge in [-0.2, -0.15) is 0 Å². The molecule has 4 nitrogen and oxygen atoms in total. The minimum absolute atomic E-state index is 0.502. The van der Waals surface area contributed by atoms with Gasteiger partial charge in [-0.25, -0.2) is 0 Å². The van der Waals surface area contributed by atoms with Gasteiger partial charge >= 0.3 is 0 Å². The highest BCUT2D eigenvalue weighted by Crippen LogP contribution is 2.19. The maximum Gasteiger partial charge on any atom is 0.270 e. The summed E-state index contributed by atoms with van der Waals surface area (Å²) in [6.07, 6.45) is 0.778. The highest BCUT2D eigenvalue weighted by atomic mass is 35.5. The van der Waals surface area contributed by atoms with Gasteiger partial charge in [-0.15, -0.1) is 0 Å². The minimum atomic E-state index is -0.502. The van der Waals surface area contributed by atoms with E-state index in [1.807, 2.05) is 6.92 Å². The van der Waals surface area contributed by atoms with E-state index in [0.717, 1.165) is 11.8 Å². The lowest BCUT2D eigenvalue weighted by Crippen LogP contribution is -2.13. The largest absolute Gasteiger partial charge is 0.411 e. The van der Waals surface area contributed by atoms with Crippen LogP contribution in [0.5, 0.6) is 0 Å². The third-order valence-corrected chi connectivity index (χ3v) is 1.87. The first-order valence-electron chi connectivity index (χ1n) is 3.88. The van der Waals surface area contributed by atoms with Gasteiger partial charge < -0.3 is 10.5 Å². The Morgan fingerprint density at radius 3 is 3.00 bits per heavy atom. The Bertz CT molecular complexity index is 377. The molecule has 1 aromatic carbocycles. The first-order chi connectivity index (χ1) is 6.63. The van der Waals surface area contributed by atoms with E-state index in [9.17, 15) is 4.79 Å². The second-order valence-corrected chi connectivity index (χ2v) is 3.13. The van der Waals surface area contributed by atoms with Crippen molar-refractivity contribution in [1.29, 1.82) is 0 Å². The van der Waals surface area contributed by atoms with Crippen molar-refractivity contribution < 1.29 is 10.0 Å². The number of carbonyl (C=O) groups excluding carboxylic acids is 1. The van der Waals surface area contributed by atoms with Crippen LogP contribution in [0.15, 0.2) is 23.4 Å². The number of hydrogen-bond donors (Lipinski definition) is 2. The van der Waals surface area contributed by atoms with Crippen LogP contribution in [0.1, 0.15) is 5.56 Å². The molecule has 0 unspecified atom stereocenters. The van der Waals surface area contributed by atoms with Crippen LogP contribution in [0.2, 0.25) is 5.02 Å². The Labute approximate surface area is 86.2 Å². The molecule has 1 rings (SSSR count). The fraction of sp³-hybridized carbons (Fsp3) is 0.111. The molecule has 0 aliphatic carbocycles. The molecule has 0 atom stereocenters. The molecule has 0 bridgehead atoms. The summed E-state index contributed by atoms with van der Waals surface area (Å²) in [5, 5.41) is 13.8. The highest BCUT2D eigenvalue weighted by molar-refractivity contribution is 6.33. The predicted molar refractivity (Wildman–Crippen MR) is 55.1 cm³/mol. The van der Waals surface area contributed by atoms with Gasteiger partial charge in [-0.3, -0.25) is 4.79 Å². The van der Waals surface area contributed by atoms with Crippen molar-refractivity contribution >= 4 is 29.4 Å². The van der Waals surface area contributed by atoms with Gasteiger partial charge in [-0.1, -0.05) is 22.8 Å². The molecular weight excluding hydrogens is 204 g/mol. The Hall–Kier alpha value is -1.55. The Morgan fingerprint density at radius 2 is 2.36 bits per heavy atom. The topological polar surface area (TPSA) is 61.7 Å². The van der Waals surface area contributed by atoms with Gasteiger partial charge in [0, 0.05) is 10.7 Å². The molecule has 0 aliphatic rings. The number of aryl methyl sites for hydroxylation is 1. The summed E-state index contributed by atoms with van der Waals surface area (Å²) in [5.41, 5.74) is 1.48. The van der Waals surface area contributed by atoms with Crippen molar-refractivity contribution in [2.24, 2.45) is 5.16 Å². The SMILES string of the molecule is Cc1ccc(Cl)cc1NC(=O)C=NO. The molecule has 0 saturated heterocycles. The highest BCUT2D eigenvalue weighted by Gasteiger charge is 2.02. The summed E-state index contributed by atoms with van der Waals surface area (Å²) in [7, 11) is 0. The van der Waals surface area contributed by atoms with Crippen LogP contribution in [0.4, 0.5) is 5.69 Å². The zero-order valence-corrected chi connectivity index (χ0v) is 8.25. The monoisotopic (exact) mass is 212 g/mol. The Kier molecular flexibility index (Phi) is 3.48. The van der Waals surface area contributed by atoms with Crippen LogP contribution in [0.3, 0.4) is 0 Å². The van der Waals surface area contributed by atoms with E-state index in [0.29, 0.717) is 10.7 Å². The maximum absolute atomic E-state index is 11.0. The van der Waals surface area contributed by atoms with Crippen LogP contribution in [-0.4, -0.2) is 17.3 Å². The lowest BCUT2D eigenvalue weighted by atomic mass is 10.2. The number of rotatable bonds is 2. The zero-order chi connectivity index (χ0) is 10.6. The summed E-state index contributed by atoms with van der Waals surface area (Å²) in [6.45, 7) is 1.84. The first-order valence-corrected chi connectivity index (χ1v) is 4.26. The molecule has 0 spiro atoms. The van der Waals surface area contributed by atoms with Crippen LogP contribution < -0.4 is 5.32 Å². The predicted octanol–water partition coefficient (Wildman–Crippen LogP) is 2.05. The van der Waals surface area contributed by atoms with Gasteiger partial charge in [0.1, 0.15) is 6.21 Å². The summed E-state index contributed by atoms with van der Waals surface area (Å²) in [6, 6.07) is 5.14. The van der Waals surface area contributed by atoms with Crippen LogP contribution in [-0.2, 0) is 4.79 Å². The number of nitrogens with one attached hydrogen (secondary N) is 1. The molecule has 0 saturated carbocycles. The number of benzene rings is 1. The van der Waals surface area contributed by atoms with Crippen molar-refractivity contribution in [2.75, 3.05) is 5.32 Å². The molecule has 0 fully saturated rings. The number of carbonyl (C=O) groups is 1. The number of amides is 1. The molecule has 0 radical (unpaired) electrons. The normalized spacial score (nSPS) is 10.4. The van der Waals surface area contributed by atoms with Crippen molar-refractivity contribution in [3.8, 4) is 0 Å². The van der Waals surface area contributed by atoms with Crippen molar-refractivity contribution in [2.45, 2.75) is 6.92 Å². The van der Waals surface area contributed by atoms with Crippen molar-refractivity contribution in [3.05, 3.63) is 28.8 Å². The van der Waals surface area contributed by atoms with E-state index in [1.54, 1.807) is 18.2 Å². The molecule has 1 aromatic rings. The number of halogens is 1. The quantitative estimate of drug-likeness (QED) is 0.448. The molecule has 0 heterocycles. The minimum Gasteiger partial charge on any atom is -0.411 e. The average Bonchev–Trinajstić information content (AvgIpc) is 2.12.